The Hall–Kier alpha value is -1.32. The van der Waals surface area contributed by atoms with Gasteiger partial charge in [-0.25, -0.2) is 0 Å². The van der Waals surface area contributed by atoms with E-state index in [-0.39, 0.29) is 11.1 Å². The van der Waals surface area contributed by atoms with E-state index in [0.29, 0.717) is 11.1 Å². The third-order valence-electron chi connectivity index (χ3n) is 2.32. The van der Waals surface area contributed by atoms with Crippen LogP contribution in [-0.2, 0) is 19.9 Å². The molecule has 1 heterocycles. The molecule has 0 amide bonds. The maximum Gasteiger partial charge on any atom is 0.268 e. The van der Waals surface area contributed by atoms with Crippen LogP contribution in [0.2, 0.25) is 0 Å². The Morgan fingerprint density at radius 2 is 1.92 bits per heavy atom. The zero-order chi connectivity index (χ0) is 8.72. The lowest BCUT2D eigenvalue weighted by Crippen LogP contribution is -2.31. The van der Waals surface area contributed by atoms with Crippen molar-refractivity contribution in [1.29, 1.82) is 0 Å². The number of aromatic nitrogens is 2. The monoisotopic (exact) mass is 166 g/mol. The Bertz CT molecular complexity index is 428. The number of fused-ring (bicyclic) bond motifs is 1. The molecule has 4 nitrogen and oxygen atoms in total. The van der Waals surface area contributed by atoms with Crippen LogP contribution in [0.4, 0.5) is 0 Å². The predicted molar refractivity (Wildman–Crippen MR) is 44.3 cm³/mol. The minimum absolute atomic E-state index is 0.0536. The summed E-state index contributed by atoms with van der Waals surface area (Å²) in [7, 11) is 1.57. The van der Waals surface area contributed by atoms with Crippen LogP contribution in [0.15, 0.2) is 9.59 Å². The van der Waals surface area contributed by atoms with Crippen LogP contribution in [0, 0.1) is 0 Å². The highest BCUT2D eigenvalue weighted by Crippen LogP contribution is 2.12. The van der Waals surface area contributed by atoms with Crippen molar-refractivity contribution in [2.24, 2.45) is 7.05 Å². The zero-order valence-electron chi connectivity index (χ0n) is 6.89. The summed E-state index contributed by atoms with van der Waals surface area (Å²) in [6, 6.07) is 0. The van der Waals surface area contributed by atoms with Gasteiger partial charge in [0.05, 0.1) is 0 Å². The first kappa shape index (κ1) is 7.34. The predicted octanol–water partition coefficient (Wildman–Crippen LogP) is -0.438. The van der Waals surface area contributed by atoms with Crippen LogP contribution in [0.3, 0.4) is 0 Å². The van der Waals surface area contributed by atoms with Crippen molar-refractivity contribution in [2.45, 2.75) is 19.3 Å². The number of nitrogens with zero attached hydrogens (tertiary/aromatic N) is 1. The molecule has 2 rings (SSSR count). The smallest absolute Gasteiger partial charge is 0.268 e. The van der Waals surface area contributed by atoms with E-state index in [1.54, 1.807) is 7.05 Å². The number of rotatable bonds is 0. The van der Waals surface area contributed by atoms with Gasteiger partial charge in [-0.2, -0.15) is 0 Å². The molecular weight excluding hydrogens is 156 g/mol. The van der Waals surface area contributed by atoms with E-state index < -0.39 is 0 Å². The van der Waals surface area contributed by atoms with Crippen LogP contribution in [0.25, 0.3) is 0 Å². The van der Waals surface area contributed by atoms with E-state index in [1.807, 2.05) is 0 Å². The molecule has 0 aromatic carbocycles. The third kappa shape index (κ3) is 0.841. The third-order valence-corrected chi connectivity index (χ3v) is 2.32. The molecule has 0 spiro atoms. The second-order valence-electron chi connectivity index (χ2n) is 3.12. The average Bonchev–Trinajstić information content (AvgIpc) is 2.48. The molecule has 1 aromatic rings. The summed E-state index contributed by atoms with van der Waals surface area (Å²) in [5, 5.41) is 2.49. The molecule has 1 aliphatic carbocycles. The van der Waals surface area contributed by atoms with Gasteiger partial charge in [0.25, 0.3) is 11.1 Å². The molecule has 0 unspecified atom stereocenters. The van der Waals surface area contributed by atoms with Crippen LogP contribution in [-0.4, -0.2) is 9.78 Å². The number of hydrogen-bond donors (Lipinski definition) is 1. The number of aromatic amines is 1. The van der Waals surface area contributed by atoms with Crippen molar-refractivity contribution < 1.29 is 0 Å². The molecule has 0 atom stereocenters. The van der Waals surface area contributed by atoms with E-state index in [2.05, 4.69) is 5.10 Å². The first-order chi connectivity index (χ1) is 5.70. The second-order valence-corrected chi connectivity index (χ2v) is 3.12. The summed E-state index contributed by atoms with van der Waals surface area (Å²) in [5.41, 5.74) is 1.24. The summed E-state index contributed by atoms with van der Waals surface area (Å²) in [4.78, 5) is 22.7. The molecule has 1 aromatic heterocycles. The van der Waals surface area contributed by atoms with E-state index in [9.17, 15) is 9.59 Å². The van der Waals surface area contributed by atoms with Crippen molar-refractivity contribution in [3.63, 3.8) is 0 Å². The quantitative estimate of drug-likeness (QED) is 0.568. The fraction of sp³-hybridized carbons (Fsp3) is 0.500. The lowest BCUT2D eigenvalue weighted by atomic mass is 10.2. The highest BCUT2D eigenvalue weighted by atomic mass is 16.2. The van der Waals surface area contributed by atoms with Gasteiger partial charge < -0.3 is 0 Å². The number of hydrogen-bond acceptors (Lipinski definition) is 2. The normalized spacial score (nSPS) is 14.8. The van der Waals surface area contributed by atoms with E-state index in [1.165, 1.54) is 4.68 Å². The summed E-state index contributed by atoms with van der Waals surface area (Å²) in [6.07, 6.45) is 2.43. The van der Waals surface area contributed by atoms with Gasteiger partial charge in [-0.05, 0) is 19.3 Å². The zero-order valence-corrected chi connectivity index (χ0v) is 6.89. The molecule has 64 valence electrons. The molecule has 0 saturated heterocycles. The van der Waals surface area contributed by atoms with Crippen molar-refractivity contribution in [3.8, 4) is 0 Å². The highest BCUT2D eigenvalue weighted by molar-refractivity contribution is 5.25. The van der Waals surface area contributed by atoms with Gasteiger partial charge in [0.1, 0.15) is 0 Å². The van der Waals surface area contributed by atoms with Crippen molar-refractivity contribution >= 4 is 0 Å². The highest BCUT2D eigenvalue weighted by Gasteiger charge is 2.18. The Labute approximate surface area is 68.8 Å². The molecule has 1 N–H and O–H groups in total. The Kier molecular flexibility index (Phi) is 1.43. The fourth-order valence-electron chi connectivity index (χ4n) is 1.70. The van der Waals surface area contributed by atoms with E-state index in [0.717, 1.165) is 19.3 Å². The summed E-state index contributed by atoms with van der Waals surface area (Å²) < 4.78 is 1.26. The van der Waals surface area contributed by atoms with Crippen LogP contribution >= 0.6 is 0 Å². The second kappa shape index (κ2) is 2.33. The molecule has 12 heavy (non-hydrogen) atoms. The Balaban J connectivity index is 2.87. The number of H-pyrrole nitrogens is 1. The molecule has 4 heteroatoms. The molecule has 0 radical (unpaired) electrons. The molecule has 0 aliphatic heterocycles. The van der Waals surface area contributed by atoms with Gasteiger partial charge in [0.2, 0.25) is 0 Å². The molecule has 0 saturated carbocycles. The van der Waals surface area contributed by atoms with Crippen molar-refractivity contribution in [1.82, 2.24) is 9.78 Å². The van der Waals surface area contributed by atoms with Gasteiger partial charge in [-0.1, -0.05) is 0 Å². The maximum atomic E-state index is 11.4. The van der Waals surface area contributed by atoms with Crippen LogP contribution in [0.5, 0.6) is 0 Å². The minimum Gasteiger partial charge on any atom is -0.268 e. The number of aryl methyl sites for hydroxylation is 1. The first-order valence-corrected chi connectivity index (χ1v) is 4.01. The topological polar surface area (TPSA) is 54.9 Å². The van der Waals surface area contributed by atoms with Gasteiger partial charge in [0, 0.05) is 18.2 Å². The Morgan fingerprint density at radius 1 is 1.25 bits per heavy atom. The average molecular weight is 166 g/mol. The van der Waals surface area contributed by atoms with E-state index >= 15 is 0 Å². The summed E-state index contributed by atoms with van der Waals surface area (Å²) >= 11 is 0. The van der Waals surface area contributed by atoms with Gasteiger partial charge in [0.15, 0.2) is 0 Å². The van der Waals surface area contributed by atoms with E-state index in [4.69, 9.17) is 0 Å². The van der Waals surface area contributed by atoms with Crippen molar-refractivity contribution in [3.05, 3.63) is 31.8 Å². The Morgan fingerprint density at radius 3 is 2.67 bits per heavy atom. The molecule has 0 fully saturated rings. The number of nitrogens with one attached hydrogen (secondary N) is 1. The SMILES string of the molecule is Cn1[nH]c(=O)c2c(c1=O)CCC2. The lowest BCUT2D eigenvalue weighted by Gasteiger charge is -2.00. The standard InChI is InChI=1S/C8H10N2O2/c1-10-8(12)6-4-2-3-5(6)7(11)9-10/h2-4H2,1H3,(H,9,11). The molecule has 1 aliphatic rings. The van der Waals surface area contributed by atoms with Gasteiger partial charge >= 0.3 is 0 Å². The fourth-order valence-corrected chi connectivity index (χ4v) is 1.70. The summed E-state index contributed by atoms with van der Waals surface area (Å²) in [6.45, 7) is 0. The summed E-state index contributed by atoms with van der Waals surface area (Å²) in [5.74, 6) is 0. The minimum atomic E-state index is -0.107. The lowest BCUT2D eigenvalue weighted by molar-refractivity contribution is 0.679. The van der Waals surface area contributed by atoms with Gasteiger partial charge in [-0.15, -0.1) is 0 Å². The van der Waals surface area contributed by atoms with Gasteiger partial charge in [-0.3, -0.25) is 19.4 Å². The maximum absolute atomic E-state index is 11.4. The first-order valence-electron chi connectivity index (χ1n) is 4.01. The molecular formula is C8H10N2O2. The largest absolute Gasteiger partial charge is 0.268 e. The molecule has 0 bridgehead atoms. The van der Waals surface area contributed by atoms with Crippen molar-refractivity contribution in [2.75, 3.05) is 0 Å². The van der Waals surface area contributed by atoms with Crippen LogP contribution in [0.1, 0.15) is 17.5 Å². The van der Waals surface area contributed by atoms with Crippen LogP contribution < -0.4 is 11.1 Å².